The Kier molecular flexibility index (Phi) is 5.32. The molecular formula is C17H11Cl2FN2O2S. The van der Waals surface area contributed by atoms with Crippen LogP contribution in [0.5, 0.6) is 5.75 Å². The molecule has 25 heavy (non-hydrogen) atoms. The first kappa shape index (κ1) is 17.8. The van der Waals surface area contributed by atoms with E-state index >= 15 is 0 Å². The average molecular weight is 397 g/mol. The highest BCUT2D eigenvalue weighted by atomic mass is 35.5. The number of rotatable bonds is 4. The first-order valence-corrected chi connectivity index (χ1v) is 8.64. The number of carbonyl (C=O) groups is 1. The zero-order valence-electron chi connectivity index (χ0n) is 12.6. The summed E-state index contributed by atoms with van der Waals surface area (Å²) in [5, 5.41) is 0.753. The van der Waals surface area contributed by atoms with Crippen LogP contribution in [0, 0.1) is 5.82 Å². The van der Waals surface area contributed by atoms with Gasteiger partial charge in [0.05, 0.1) is 15.0 Å². The molecule has 0 fully saturated rings. The lowest BCUT2D eigenvalue weighted by atomic mass is 10.2. The fourth-order valence-corrected chi connectivity index (χ4v) is 3.45. The fourth-order valence-electron chi connectivity index (χ4n) is 2.16. The minimum atomic E-state index is -0.402. The van der Waals surface area contributed by atoms with Crippen LogP contribution in [-0.4, -0.2) is 11.1 Å². The van der Waals surface area contributed by atoms with Gasteiger partial charge < -0.3 is 10.5 Å². The monoisotopic (exact) mass is 396 g/mol. The van der Waals surface area contributed by atoms with E-state index in [-0.39, 0.29) is 33.4 Å². The minimum Gasteiger partial charge on any atom is -0.486 e. The molecular weight excluding hydrogens is 386 g/mol. The normalized spacial score (nSPS) is 15.6. The highest BCUT2D eigenvalue weighted by Gasteiger charge is 2.20. The van der Waals surface area contributed by atoms with Gasteiger partial charge in [0.2, 0.25) is 0 Å². The quantitative estimate of drug-likeness (QED) is 0.764. The number of nitrogens with zero attached hydrogens (tertiary/aromatic N) is 1. The molecule has 4 nitrogen and oxygen atoms in total. The van der Waals surface area contributed by atoms with E-state index in [4.69, 9.17) is 33.7 Å². The highest BCUT2D eigenvalue weighted by molar-refractivity contribution is 8.18. The third-order valence-electron chi connectivity index (χ3n) is 3.23. The predicted molar refractivity (Wildman–Crippen MR) is 99.4 cm³/mol. The van der Waals surface area contributed by atoms with E-state index in [1.165, 1.54) is 12.1 Å². The summed E-state index contributed by atoms with van der Waals surface area (Å²) >= 11 is 13.5. The molecule has 1 heterocycles. The number of hydrogen-bond donors (Lipinski definition) is 1. The summed E-state index contributed by atoms with van der Waals surface area (Å²) in [4.78, 5) is 15.6. The van der Waals surface area contributed by atoms with Crippen LogP contribution in [0.3, 0.4) is 0 Å². The van der Waals surface area contributed by atoms with Gasteiger partial charge in [-0.05, 0) is 53.2 Å². The lowest BCUT2D eigenvalue weighted by Crippen LogP contribution is -2.01. The number of thioether (sulfide) groups is 1. The van der Waals surface area contributed by atoms with Gasteiger partial charge in [-0.25, -0.2) is 4.39 Å². The molecule has 1 aliphatic rings. The topological polar surface area (TPSA) is 64.7 Å². The summed E-state index contributed by atoms with van der Waals surface area (Å²) < 4.78 is 18.8. The summed E-state index contributed by atoms with van der Waals surface area (Å²) in [5.74, 6) is -0.461. The van der Waals surface area contributed by atoms with Crippen molar-refractivity contribution >= 4 is 52.1 Å². The molecule has 3 rings (SSSR count). The number of amidine groups is 1. The first-order chi connectivity index (χ1) is 11.9. The molecule has 0 saturated carbocycles. The predicted octanol–water partition coefficient (Wildman–Crippen LogP) is 4.64. The second kappa shape index (κ2) is 7.47. The lowest BCUT2D eigenvalue weighted by Gasteiger charge is -2.11. The van der Waals surface area contributed by atoms with Gasteiger partial charge in [-0.3, -0.25) is 4.79 Å². The number of amides is 1. The fraction of sp³-hybridized carbons (Fsp3) is 0.0588. The molecule has 0 aromatic heterocycles. The summed E-state index contributed by atoms with van der Waals surface area (Å²) in [6, 6.07) is 9.28. The second-order valence-electron chi connectivity index (χ2n) is 5.10. The number of aliphatic imine (C=N–C) groups is 1. The summed E-state index contributed by atoms with van der Waals surface area (Å²) in [6.07, 6.45) is 1.60. The molecule has 2 N–H and O–H groups in total. The number of nitrogens with two attached hydrogens (primary N) is 1. The van der Waals surface area contributed by atoms with Crippen LogP contribution in [0.25, 0.3) is 6.08 Å². The highest BCUT2D eigenvalue weighted by Crippen LogP contribution is 2.36. The van der Waals surface area contributed by atoms with Crippen molar-refractivity contribution in [2.75, 3.05) is 0 Å². The van der Waals surface area contributed by atoms with Gasteiger partial charge in [0, 0.05) is 0 Å². The molecule has 0 atom stereocenters. The molecule has 8 heteroatoms. The second-order valence-corrected chi connectivity index (χ2v) is 6.97. The van der Waals surface area contributed by atoms with Crippen LogP contribution >= 0.6 is 35.0 Å². The van der Waals surface area contributed by atoms with Crippen molar-refractivity contribution in [1.29, 1.82) is 0 Å². The number of hydrogen-bond acceptors (Lipinski definition) is 4. The molecule has 0 unspecified atom stereocenters. The molecule has 2 aromatic carbocycles. The van der Waals surface area contributed by atoms with Gasteiger partial charge in [-0.2, -0.15) is 4.99 Å². The molecule has 0 bridgehead atoms. The number of carbonyl (C=O) groups excluding carboxylic acids is 1. The molecule has 1 amide bonds. The lowest BCUT2D eigenvalue weighted by molar-refractivity contribution is -0.113. The van der Waals surface area contributed by atoms with E-state index in [1.807, 2.05) is 0 Å². The van der Waals surface area contributed by atoms with Crippen molar-refractivity contribution in [3.63, 3.8) is 0 Å². The Labute approximate surface area is 157 Å². The average Bonchev–Trinajstić information content (AvgIpc) is 2.84. The van der Waals surface area contributed by atoms with Gasteiger partial charge in [0.25, 0.3) is 5.91 Å². The van der Waals surface area contributed by atoms with Gasteiger partial charge in [0.15, 0.2) is 10.9 Å². The van der Waals surface area contributed by atoms with Crippen LogP contribution in [-0.2, 0) is 11.4 Å². The van der Waals surface area contributed by atoms with Gasteiger partial charge in [0.1, 0.15) is 12.4 Å². The van der Waals surface area contributed by atoms with Crippen LogP contribution < -0.4 is 10.5 Å². The van der Waals surface area contributed by atoms with Crippen molar-refractivity contribution in [3.8, 4) is 5.75 Å². The first-order valence-electron chi connectivity index (χ1n) is 7.06. The standard InChI is InChI=1S/C17H11Cl2FN2O2S/c18-12-5-10(7-14-16(23)22-17(21)25-14)6-13(19)15(12)24-8-9-2-1-3-11(20)4-9/h1-7H,8H2,(H2,21,22,23). The van der Waals surface area contributed by atoms with E-state index in [0.717, 1.165) is 11.8 Å². The summed E-state index contributed by atoms with van der Waals surface area (Å²) in [6.45, 7) is 0.121. The maximum Gasteiger partial charge on any atom is 0.286 e. The minimum absolute atomic E-state index is 0.121. The van der Waals surface area contributed by atoms with E-state index in [2.05, 4.69) is 4.99 Å². The van der Waals surface area contributed by atoms with Gasteiger partial charge in [-0.1, -0.05) is 35.3 Å². The van der Waals surface area contributed by atoms with Crippen molar-refractivity contribution in [3.05, 3.63) is 68.3 Å². The van der Waals surface area contributed by atoms with Crippen LogP contribution in [0.2, 0.25) is 10.0 Å². The van der Waals surface area contributed by atoms with Crippen LogP contribution in [0.15, 0.2) is 46.3 Å². The smallest absolute Gasteiger partial charge is 0.286 e. The Morgan fingerprint density at radius 2 is 1.96 bits per heavy atom. The Balaban J connectivity index is 1.79. The Morgan fingerprint density at radius 1 is 1.24 bits per heavy atom. The molecule has 128 valence electrons. The molecule has 0 saturated heterocycles. The molecule has 0 aliphatic carbocycles. The van der Waals surface area contributed by atoms with Gasteiger partial charge in [-0.15, -0.1) is 0 Å². The van der Waals surface area contributed by atoms with Crippen molar-refractivity contribution in [2.45, 2.75) is 6.61 Å². The van der Waals surface area contributed by atoms with Crippen molar-refractivity contribution in [1.82, 2.24) is 0 Å². The Bertz CT molecular complexity index is 892. The van der Waals surface area contributed by atoms with E-state index in [1.54, 1.807) is 30.3 Å². The Hall–Kier alpha value is -2.02. The molecule has 1 aliphatic heterocycles. The zero-order valence-corrected chi connectivity index (χ0v) is 15.0. The summed E-state index contributed by atoms with van der Waals surface area (Å²) in [5.41, 5.74) is 6.78. The van der Waals surface area contributed by atoms with Crippen molar-refractivity contribution < 1.29 is 13.9 Å². The molecule has 0 spiro atoms. The summed E-state index contributed by atoms with van der Waals surface area (Å²) in [7, 11) is 0. The van der Waals surface area contributed by atoms with Gasteiger partial charge >= 0.3 is 0 Å². The third kappa shape index (κ3) is 4.34. The number of halogens is 3. The molecule has 2 aromatic rings. The van der Waals surface area contributed by atoms with E-state index in [9.17, 15) is 9.18 Å². The van der Waals surface area contributed by atoms with E-state index < -0.39 is 5.91 Å². The third-order valence-corrected chi connectivity index (χ3v) is 4.60. The zero-order chi connectivity index (χ0) is 18.0. The maximum atomic E-state index is 13.2. The molecule has 0 radical (unpaired) electrons. The van der Waals surface area contributed by atoms with Crippen LogP contribution in [0.1, 0.15) is 11.1 Å². The largest absolute Gasteiger partial charge is 0.486 e. The maximum absolute atomic E-state index is 13.2. The number of ether oxygens (including phenoxy) is 1. The number of benzene rings is 2. The van der Waals surface area contributed by atoms with Crippen LogP contribution in [0.4, 0.5) is 4.39 Å². The van der Waals surface area contributed by atoms with E-state index in [0.29, 0.717) is 16.0 Å². The Morgan fingerprint density at radius 3 is 2.56 bits per heavy atom. The SMILES string of the molecule is NC1=NC(=O)C(=Cc2cc(Cl)c(OCc3cccc(F)c3)c(Cl)c2)S1. The van der Waals surface area contributed by atoms with Crippen molar-refractivity contribution in [2.24, 2.45) is 10.7 Å².